The highest BCUT2D eigenvalue weighted by Gasteiger charge is 2.08. The SMILES string of the molecule is O=C(Cn1cnc2sccc2c1=O)Nc1ccccc1. The van der Waals surface area contributed by atoms with Gasteiger partial charge in [-0.1, -0.05) is 18.2 Å². The van der Waals surface area contributed by atoms with Crippen LogP contribution in [0.5, 0.6) is 0 Å². The molecule has 0 radical (unpaired) electrons. The zero-order valence-corrected chi connectivity index (χ0v) is 11.3. The van der Waals surface area contributed by atoms with Crippen LogP contribution in [0.15, 0.2) is 52.9 Å². The summed E-state index contributed by atoms with van der Waals surface area (Å²) in [4.78, 5) is 28.9. The maximum absolute atomic E-state index is 12.1. The van der Waals surface area contributed by atoms with Crippen LogP contribution < -0.4 is 10.9 Å². The third kappa shape index (κ3) is 2.46. The molecular formula is C14H11N3O2S. The second-order valence-corrected chi connectivity index (χ2v) is 5.13. The van der Waals surface area contributed by atoms with Crippen LogP contribution in [0.25, 0.3) is 10.2 Å². The van der Waals surface area contributed by atoms with Crippen LogP contribution in [0.4, 0.5) is 5.69 Å². The quantitative estimate of drug-likeness (QED) is 0.801. The summed E-state index contributed by atoms with van der Waals surface area (Å²) in [5, 5.41) is 5.09. The van der Waals surface area contributed by atoms with Gasteiger partial charge >= 0.3 is 0 Å². The van der Waals surface area contributed by atoms with Gasteiger partial charge in [-0.25, -0.2) is 4.98 Å². The molecule has 1 aromatic carbocycles. The van der Waals surface area contributed by atoms with E-state index in [1.807, 2.05) is 23.6 Å². The summed E-state index contributed by atoms with van der Waals surface area (Å²) in [6, 6.07) is 10.8. The number of thiophene rings is 1. The maximum atomic E-state index is 12.1. The molecule has 0 aliphatic rings. The first-order chi connectivity index (χ1) is 9.74. The van der Waals surface area contributed by atoms with Crippen molar-refractivity contribution in [3.8, 4) is 0 Å². The Morgan fingerprint density at radius 1 is 1.25 bits per heavy atom. The molecule has 2 heterocycles. The lowest BCUT2D eigenvalue weighted by atomic mass is 10.3. The first-order valence-corrected chi connectivity index (χ1v) is 6.89. The van der Waals surface area contributed by atoms with Gasteiger partial charge in [0.2, 0.25) is 5.91 Å². The Balaban J connectivity index is 1.81. The van der Waals surface area contributed by atoms with E-state index in [2.05, 4.69) is 10.3 Å². The number of fused-ring (bicyclic) bond motifs is 1. The van der Waals surface area contributed by atoms with E-state index in [4.69, 9.17) is 0 Å². The molecule has 0 spiro atoms. The molecule has 0 aliphatic carbocycles. The number of rotatable bonds is 3. The second-order valence-electron chi connectivity index (χ2n) is 4.23. The highest BCUT2D eigenvalue weighted by Crippen LogP contribution is 2.13. The van der Waals surface area contributed by atoms with E-state index in [1.165, 1.54) is 22.2 Å². The van der Waals surface area contributed by atoms with E-state index in [0.29, 0.717) is 15.9 Å². The van der Waals surface area contributed by atoms with Gasteiger partial charge in [0.05, 0.1) is 11.7 Å². The van der Waals surface area contributed by atoms with Gasteiger partial charge in [-0.05, 0) is 23.6 Å². The van der Waals surface area contributed by atoms with Gasteiger partial charge in [0.15, 0.2) is 0 Å². The molecule has 0 saturated carbocycles. The molecule has 0 unspecified atom stereocenters. The Morgan fingerprint density at radius 3 is 2.85 bits per heavy atom. The lowest BCUT2D eigenvalue weighted by molar-refractivity contribution is -0.116. The molecule has 0 atom stereocenters. The first-order valence-electron chi connectivity index (χ1n) is 6.01. The molecule has 100 valence electrons. The number of nitrogens with zero attached hydrogens (tertiary/aromatic N) is 2. The summed E-state index contributed by atoms with van der Waals surface area (Å²) in [6.45, 7) is -0.0491. The lowest BCUT2D eigenvalue weighted by Gasteiger charge is -2.06. The normalized spacial score (nSPS) is 10.6. The summed E-state index contributed by atoms with van der Waals surface area (Å²) in [7, 11) is 0. The molecule has 1 amide bonds. The Hall–Kier alpha value is -2.47. The summed E-state index contributed by atoms with van der Waals surface area (Å²) < 4.78 is 1.31. The van der Waals surface area contributed by atoms with Crippen molar-refractivity contribution in [3.63, 3.8) is 0 Å². The van der Waals surface area contributed by atoms with E-state index in [9.17, 15) is 9.59 Å². The maximum Gasteiger partial charge on any atom is 0.262 e. The van der Waals surface area contributed by atoms with Crippen molar-refractivity contribution < 1.29 is 4.79 Å². The third-order valence-corrected chi connectivity index (χ3v) is 3.64. The van der Waals surface area contributed by atoms with Crippen molar-refractivity contribution in [1.82, 2.24) is 9.55 Å². The summed E-state index contributed by atoms with van der Waals surface area (Å²) >= 11 is 1.41. The Bertz CT molecular complexity index is 808. The average molecular weight is 285 g/mol. The van der Waals surface area contributed by atoms with Gasteiger partial charge in [0.1, 0.15) is 11.4 Å². The first kappa shape index (κ1) is 12.6. The number of anilines is 1. The van der Waals surface area contributed by atoms with E-state index >= 15 is 0 Å². The molecule has 0 aliphatic heterocycles. The number of aromatic nitrogens is 2. The van der Waals surface area contributed by atoms with Crippen molar-refractivity contribution in [2.24, 2.45) is 0 Å². The molecule has 20 heavy (non-hydrogen) atoms. The monoisotopic (exact) mass is 285 g/mol. The van der Waals surface area contributed by atoms with E-state index in [1.54, 1.807) is 18.2 Å². The van der Waals surface area contributed by atoms with Gasteiger partial charge in [-0.2, -0.15) is 0 Å². The van der Waals surface area contributed by atoms with Gasteiger partial charge in [-0.3, -0.25) is 14.2 Å². The van der Waals surface area contributed by atoms with Crippen molar-refractivity contribution in [3.05, 3.63) is 58.5 Å². The van der Waals surface area contributed by atoms with Crippen LogP contribution in [0.3, 0.4) is 0 Å². The highest BCUT2D eigenvalue weighted by atomic mass is 32.1. The van der Waals surface area contributed by atoms with Crippen LogP contribution >= 0.6 is 11.3 Å². The number of carbonyl (C=O) groups excluding carboxylic acids is 1. The summed E-state index contributed by atoms with van der Waals surface area (Å²) in [5.74, 6) is -0.255. The number of hydrogen-bond donors (Lipinski definition) is 1. The average Bonchev–Trinajstić information content (AvgIpc) is 2.92. The fourth-order valence-electron chi connectivity index (χ4n) is 1.88. The number of para-hydroxylation sites is 1. The topological polar surface area (TPSA) is 64.0 Å². The second kappa shape index (κ2) is 5.26. The van der Waals surface area contributed by atoms with E-state index in [-0.39, 0.29) is 18.0 Å². The predicted octanol–water partition coefficient (Wildman–Crippen LogP) is 2.10. The summed E-state index contributed by atoms with van der Waals surface area (Å²) in [5.41, 5.74) is 0.509. The zero-order chi connectivity index (χ0) is 13.9. The highest BCUT2D eigenvalue weighted by molar-refractivity contribution is 7.16. The molecular weight excluding hydrogens is 274 g/mol. The van der Waals surface area contributed by atoms with Crippen LogP contribution in [0, 0.1) is 0 Å². The van der Waals surface area contributed by atoms with Crippen LogP contribution in [-0.2, 0) is 11.3 Å². The minimum absolute atomic E-state index is 0.0491. The van der Waals surface area contributed by atoms with E-state index in [0.717, 1.165) is 0 Å². The fourth-order valence-corrected chi connectivity index (χ4v) is 2.61. The largest absolute Gasteiger partial charge is 0.325 e. The third-order valence-electron chi connectivity index (χ3n) is 2.82. The standard InChI is InChI=1S/C14H11N3O2S/c18-12(16-10-4-2-1-3-5-10)8-17-9-15-13-11(14(17)19)6-7-20-13/h1-7,9H,8H2,(H,16,18). The number of benzene rings is 1. The van der Waals surface area contributed by atoms with Crippen molar-refractivity contribution in [1.29, 1.82) is 0 Å². The number of hydrogen-bond acceptors (Lipinski definition) is 4. The predicted molar refractivity (Wildman–Crippen MR) is 79.0 cm³/mol. The minimum Gasteiger partial charge on any atom is -0.325 e. The molecule has 0 bridgehead atoms. The minimum atomic E-state index is -0.255. The number of nitrogens with one attached hydrogen (secondary N) is 1. The van der Waals surface area contributed by atoms with Gasteiger partial charge < -0.3 is 5.32 Å². The fraction of sp³-hybridized carbons (Fsp3) is 0.0714. The Labute approximate surface area is 118 Å². The van der Waals surface area contributed by atoms with Crippen molar-refractivity contribution >= 4 is 33.1 Å². The molecule has 3 rings (SSSR count). The molecule has 1 N–H and O–H groups in total. The smallest absolute Gasteiger partial charge is 0.262 e. The van der Waals surface area contributed by atoms with Gasteiger partial charge in [0.25, 0.3) is 5.56 Å². The molecule has 3 aromatic rings. The van der Waals surface area contributed by atoms with E-state index < -0.39 is 0 Å². The lowest BCUT2D eigenvalue weighted by Crippen LogP contribution is -2.27. The van der Waals surface area contributed by atoms with Crippen LogP contribution in [-0.4, -0.2) is 15.5 Å². The molecule has 0 saturated heterocycles. The molecule has 0 fully saturated rings. The van der Waals surface area contributed by atoms with Crippen molar-refractivity contribution in [2.75, 3.05) is 5.32 Å². The molecule has 2 aromatic heterocycles. The van der Waals surface area contributed by atoms with Gasteiger partial charge in [-0.15, -0.1) is 11.3 Å². The Kier molecular flexibility index (Phi) is 3.30. The molecule has 5 nitrogen and oxygen atoms in total. The zero-order valence-electron chi connectivity index (χ0n) is 10.4. The number of amides is 1. The van der Waals surface area contributed by atoms with Crippen LogP contribution in [0.1, 0.15) is 0 Å². The van der Waals surface area contributed by atoms with Crippen molar-refractivity contribution in [2.45, 2.75) is 6.54 Å². The number of carbonyl (C=O) groups is 1. The molecule has 6 heteroatoms. The Morgan fingerprint density at radius 2 is 2.05 bits per heavy atom. The van der Waals surface area contributed by atoms with Gasteiger partial charge in [0, 0.05) is 5.69 Å². The summed E-state index contributed by atoms with van der Waals surface area (Å²) in [6.07, 6.45) is 1.41. The van der Waals surface area contributed by atoms with Crippen LogP contribution in [0.2, 0.25) is 0 Å².